The van der Waals surface area contributed by atoms with Crippen LogP contribution in [0.2, 0.25) is 0 Å². The number of para-hydroxylation sites is 1. The van der Waals surface area contributed by atoms with Gasteiger partial charge in [0.05, 0.1) is 6.04 Å². The van der Waals surface area contributed by atoms with E-state index in [1.807, 2.05) is 115 Å². The Bertz CT molecular complexity index is 1870. The summed E-state index contributed by atoms with van der Waals surface area (Å²) >= 11 is 0. The maximum absolute atomic E-state index is 14.1. The number of carbonyl (C=O) groups excluding carboxylic acids is 4. The summed E-state index contributed by atoms with van der Waals surface area (Å²) in [5.74, 6) is -1.89. The van der Waals surface area contributed by atoms with Crippen LogP contribution < -0.4 is 21.3 Å². The predicted molar refractivity (Wildman–Crippen MR) is 190 cm³/mol. The predicted octanol–water partition coefficient (Wildman–Crippen LogP) is 3.91. The van der Waals surface area contributed by atoms with Crippen LogP contribution >= 0.6 is 0 Å². The minimum atomic E-state index is -1.60. The highest BCUT2D eigenvalue weighted by atomic mass is 16.5. The molecular formula is C39H41N5O6. The number of ether oxygens (including phenoxy) is 1. The summed E-state index contributed by atoms with van der Waals surface area (Å²) in [5.41, 5.74) is 4.05. The van der Waals surface area contributed by atoms with E-state index in [2.05, 4.69) is 26.3 Å². The smallest absolute Gasteiger partial charge is 0.408 e. The van der Waals surface area contributed by atoms with Crippen molar-refractivity contribution >= 4 is 34.7 Å². The van der Waals surface area contributed by atoms with Crippen LogP contribution in [0.15, 0.2) is 121 Å². The number of benzene rings is 4. The Hall–Kier alpha value is -5.94. The van der Waals surface area contributed by atoms with Gasteiger partial charge in [0.2, 0.25) is 11.8 Å². The van der Waals surface area contributed by atoms with Gasteiger partial charge in [0.15, 0.2) is 6.10 Å². The number of rotatable bonds is 15. The SMILES string of the molecule is CC(NC(=O)OCc1ccccc1)C(=O)N[C@@H](Cc1c[nH]c2ccccc12)C(=O)N[C@@H](Cc1ccccc1)[C@H](O)C(=O)NCc1ccccc1. The molecule has 0 radical (unpaired) electrons. The number of alkyl carbamates (subject to hydrolysis) is 1. The fourth-order valence-corrected chi connectivity index (χ4v) is 5.50. The molecule has 50 heavy (non-hydrogen) atoms. The quantitative estimate of drug-likeness (QED) is 0.0987. The van der Waals surface area contributed by atoms with E-state index >= 15 is 0 Å². The van der Waals surface area contributed by atoms with Gasteiger partial charge < -0.3 is 36.1 Å². The fraction of sp³-hybridized carbons (Fsp3) is 0.231. The van der Waals surface area contributed by atoms with E-state index in [1.165, 1.54) is 6.92 Å². The van der Waals surface area contributed by atoms with Gasteiger partial charge in [-0.3, -0.25) is 14.4 Å². The second-order valence-corrected chi connectivity index (χ2v) is 12.0. The average molecular weight is 676 g/mol. The Kier molecular flexibility index (Phi) is 12.3. The summed E-state index contributed by atoms with van der Waals surface area (Å²) in [6.45, 7) is 1.70. The molecule has 4 amide bonds. The Morgan fingerprint density at radius 1 is 0.680 bits per heavy atom. The summed E-state index contributed by atoms with van der Waals surface area (Å²) in [7, 11) is 0. The van der Waals surface area contributed by atoms with E-state index in [1.54, 1.807) is 6.20 Å². The van der Waals surface area contributed by atoms with Crippen LogP contribution in [0.25, 0.3) is 10.9 Å². The Morgan fingerprint density at radius 2 is 1.28 bits per heavy atom. The number of hydrogen-bond acceptors (Lipinski definition) is 6. The van der Waals surface area contributed by atoms with E-state index in [4.69, 9.17) is 4.74 Å². The molecule has 6 N–H and O–H groups in total. The summed E-state index contributed by atoms with van der Waals surface area (Å²) in [6, 6.07) is 31.9. The van der Waals surface area contributed by atoms with E-state index < -0.39 is 48.0 Å². The van der Waals surface area contributed by atoms with E-state index in [-0.39, 0.29) is 26.0 Å². The molecule has 0 aliphatic rings. The third kappa shape index (κ3) is 10.0. The van der Waals surface area contributed by atoms with Gasteiger partial charge in [0, 0.05) is 30.1 Å². The first-order valence-electron chi connectivity index (χ1n) is 16.4. The van der Waals surface area contributed by atoms with Gasteiger partial charge in [0.25, 0.3) is 5.91 Å². The van der Waals surface area contributed by atoms with E-state index in [0.717, 1.165) is 33.2 Å². The normalized spacial score (nSPS) is 13.3. The van der Waals surface area contributed by atoms with Crippen LogP contribution in [0, 0.1) is 0 Å². The number of aromatic nitrogens is 1. The van der Waals surface area contributed by atoms with Crippen molar-refractivity contribution in [3.63, 3.8) is 0 Å². The van der Waals surface area contributed by atoms with Gasteiger partial charge in [0.1, 0.15) is 18.7 Å². The molecule has 5 aromatic rings. The number of carbonyl (C=O) groups is 4. The molecule has 1 aromatic heterocycles. The Morgan fingerprint density at radius 3 is 1.96 bits per heavy atom. The van der Waals surface area contributed by atoms with Gasteiger partial charge in [-0.05, 0) is 41.7 Å². The topological polar surface area (TPSA) is 162 Å². The molecule has 5 rings (SSSR count). The molecule has 0 bridgehead atoms. The van der Waals surface area contributed by atoms with Crippen molar-refractivity contribution in [2.75, 3.05) is 0 Å². The Labute approximate surface area is 290 Å². The molecule has 4 aromatic carbocycles. The number of aromatic amines is 1. The standard InChI is InChI=1S/C39H41N5O6/c1-26(42-39(49)50-25-29-17-9-4-10-18-29)36(46)44-34(22-30-24-40-32-20-12-11-19-31(30)32)37(47)43-33(21-27-13-5-2-6-14-27)35(45)38(48)41-23-28-15-7-3-8-16-28/h2-20,24,26,33-35,40,45H,21-23,25H2,1H3,(H,41,48)(H,42,49)(H,43,47)(H,44,46)/t26?,33-,34-,35-/m0/s1. The number of amides is 4. The molecule has 0 saturated carbocycles. The number of fused-ring (bicyclic) bond motifs is 1. The summed E-state index contributed by atoms with van der Waals surface area (Å²) < 4.78 is 5.26. The minimum absolute atomic E-state index is 0.0245. The molecule has 258 valence electrons. The van der Waals surface area contributed by atoms with Crippen LogP contribution in [0.4, 0.5) is 4.79 Å². The Balaban J connectivity index is 1.31. The van der Waals surface area contributed by atoms with Crippen molar-refractivity contribution in [2.24, 2.45) is 0 Å². The second kappa shape index (κ2) is 17.5. The summed E-state index contributed by atoms with van der Waals surface area (Å²) in [5, 5.41) is 23.0. The summed E-state index contributed by atoms with van der Waals surface area (Å²) in [6.07, 6.45) is -0.395. The van der Waals surface area contributed by atoms with E-state index in [9.17, 15) is 24.3 Å². The lowest BCUT2D eigenvalue weighted by Gasteiger charge is -2.27. The van der Waals surface area contributed by atoms with Crippen molar-refractivity contribution in [1.82, 2.24) is 26.3 Å². The second-order valence-electron chi connectivity index (χ2n) is 12.0. The van der Waals surface area contributed by atoms with E-state index in [0.29, 0.717) is 0 Å². The highest BCUT2D eigenvalue weighted by Gasteiger charge is 2.32. The minimum Gasteiger partial charge on any atom is -0.445 e. The third-order valence-electron chi connectivity index (χ3n) is 8.26. The monoisotopic (exact) mass is 675 g/mol. The van der Waals surface area contributed by atoms with Crippen molar-refractivity contribution in [2.45, 2.75) is 57.1 Å². The van der Waals surface area contributed by atoms with Crippen LogP contribution in [0.5, 0.6) is 0 Å². The van der Waals surface area contributed by atoms with Gasteiger partial charge in [-0.1, -0.05) is 109 Å². The molecule has 0 fully saturated rings. The first-order chi connectivity index (χ1) is 24.3. The molecular weight excluding hydrogens is 634 g/mol. The van der Waals surface area contributed by atoms with Crippen LogP contribution in [0.1, 0.15) is 29.2 Å². The molecule has 0 aliphatic carbocycles. The lowest BCUT2D eigenvalue weighted by molar-refractivity contribution is -0.134. The van der Waals surface area contributed by atoms with Crippen LogP contribution in [-0.4, -0.2) is 58.1 Å². The molecule has 1 heterocycles. The molecule has 1 unspecified atom stereocenters. The third-order valence-corrected chi connectivity index (χ3v) is 8.26. The maximum Gasteiger partial charge on any atom is 0.408 e. The number of aliphatic hydroxyl groups is 1. The summed E-state index contributed by atoms with van der Waals surface area (Å²) in [4.78, 5) is 56.3. The number of hydrogen-bond donors (Lipinski definition) is 6. The lowest BCUT2D eigenvalue weighted by atomic mass is 9.98. The van der Waals surface area contributed by atoms with Crippen molar-refractivity contribution in [3.05, 3.63) is 144 Å². The highest BCUT2D eigenvalue weighted by molar-refractivity contribution is 5.93. The zero-order valence-corrected chi connectivity index (χ0v) is 27.7. The zero-order valence-electron chi connectivity index (χ0n) is 27.7. The fourth-order valence-electron chi connectivity index (χ4n) is 5.50. The van der Waals surface area contributed by atoms with Crippen molar-refractivity contribution in [3.8, 4) is 0 Å². The van der Waals surface area contributed by atoms with Gasteiger partial charge in [-0.25, -0.2) is 4.79 Å². The van der Waals surface area contributed by atoms with Gasteiger partial charge in [-0.15, -0.1) is 0 Å². The molecule has 0 spiro atoms. The van der Waals surface area contributed by atoms with Crippen LogP contribution in [-0.2, 0) is 45.1 Å². The zero-order chi connectivity index (χ0) is 35.3. The van der Waals surface area contributed by atoms with Crippen molar-refractivity contribution in [1.29, 1.82) is 0 Å². The van der Waals surface area contributed by atoms with Crippen molar-refractivity contribution < 1.29 is 29.0 Å². The maximum atomic E-state index is 14.1. The largest absolute Gasteiger partial charge is 0.445 e. The lowest BCUT2D eigenvalue weighted by Crippen LogP contribution is -2.58. The number of nitrogens with one attached hydrogen (secondary N) is 5. The number of H-pyrrole nitrogens is 1. The highest BCUT2D eigenvalue weighted by Crippen LogP contribution is 2.20. The molecule has 11 nitrogen and oxygen atoms in total. The first-order valence-corrected chi connectivity index (χ1v) is 16.4. The van der Waals surface area contributed by atoms with Gasteiger partial charge >= 0.3 is 6.09 Å². The van der Waals surface area contributed by atoms with Crippen LogP contribution in [0.3, 0.4) is 0 Å². The molecule has 4 atom stereocenters. The molecule has 0 saturated heterocycles. The molecule has 11 heteroatoms. The van der Waals surface area contributed by atoms with Gasteiger partial charge in [-0.2, -0.15) is 0 Å². The first kappa shape index (κ1) is 35.4. The molecule has 0 aliphatic heterocycles. The number of aliphatic hydroxyl groups excluding tert-OH is 1. The average Bonchev–Trinajstić information content (AvgIpc) is 3.55.